The molecule has 1 aromatic rings. The standard InChI is InChI=1S/C16H20N4O2/c21-15(13-3-1-5-14-12(13)4-2-6-17-14)19-7-8-20-11(10-19)9-18-16(20)22/h1,3,5,11,17H,2,4,6-10H2,(H,18,22). The predicted molar refractivity (Wildman–Crippen MR) is 83.0 cm³/mol. The van der Waals surface area contributed by atoms with Crippen LogP contribution in [0, 0.1) is 0 Å². The molecule has 2 saturated heterocycles. The number of rotatable bonds is 1. The van der Waals surface area contributed by atoms with Crippen molar-refractivity contribution in [3.05, 3.63) is 29.3 Å². The van der Waals surface area contributed by atoms with Gasteiger partial charge in [-0.2, -0.15) is 0 Å². The van der Waals surface area contributed by atoms with Gasteiger partial charge in [-0.15, -0.1) is 0 Å². The summed E-state index contributed by atoms with van der Waals surface area (Å²) < 4.78 is 0. The fraction of sp³-hybridized carbons (Fsp3) is 0.500. The van der Waals surface area contributed by atoms with E-state index >= 15 is 0 Å². The molecular formula is C16H20N4O2. The van der Waals surface area contributed by atoms with Gasteiger partial charge < -0.3 is 20.4 Å². The van der Waals surface area contributed by atoms with E-state index in [1.807, 2.05) is 28.0 Å². The SMILES string of the molecule is O=C(c1cccc2c1CCCN2)N1CCN2C(=O)NCC2C1. The van der Waals surface area contributed by atoms with Crippen LogP contribution >= 0.6 is 0 Å². The molecule has 3 aliphatic heterocycles. The molecule has 0 aromatic heterocycles. The van der Waals surface area contributed by atoms with Crippen molar-refractivity contribution in [2.75, 3.05) is 38.0 Å². The van der Waals surface area contributed by atoms with E-state index in [1.54, 1.807) is 0 Å². The number of piperazine rings is 1. The molecule has 6 nitrogen and oxygen atoms in total. The number of hydrogen-bond donors (Lipinski definition) is 2. The van der Waals surface area contributed by atoms with Crippen molar-refractivity contribution in [1.29, 1.82) is 0 Å². The Morgan fingerprint density at radius 2 is 2.14 bits per heavy atom. The number of anilines is 1. The molecule has 0 aliphatic carbocycles. The lowest BCUT2D eigenvalue weighted by Gasteiger charge is -2.37. The molecule has 4 rings (SSSR count). The fourth-order valence-corrected chi connectivity index (χ4v) is 3.67. The zero-order valence-corrected chi connectivity index (χ0v) is 12.5. The molecule has 116 valence electrons. The van der Waals surface area contributed by atoms with Crippen LogP contribution in [0.3, 0.4) is 0 Å². The molecule has 22 heavy (non-hydrogen) atoms. The Labute approximate surface area is 129 Å². The molecule has 0 saturated carbocycles. The monoisotopic (exact) mass is 300 g/mol. The third-order valence-electron chi connectivity index (χ3n) is 4.85. The van der Waals surface area contributed by atoms with Crippen molar-refractivity contribution in [3.8, 4) is 0 Å². The van der Waals surface area contributed by atoms with E-state index in [0.29, 0.717) is 26.2 Å². The maximum Gasteiger partial charge on any atom is 0.317 e. The highest BCUT2D eigenvalue weighted by Crippen LogP contribution is 2.27. The predicted octanol–water partition coefficient (Wildman–Crippen LogP) is 0.894. The van der Waals surface area contributed by atoms with Gasteiger partial charge in [0.1, 0.15) is 0 Å². The number of benzene rings is 1. The third kappa shape index (κ3) is 2.10. The van der Waals surface area contributed by atoms with Gasteiger partial charge in [0.15, 0.2) is 0 Å². The fourth-order valence-electron chi connectivity index (χ4n) is 3.67. The van der Waals surface area contributed by atoms with E-state index in [9.17, 15) is 9.59 Å². The number of nitrogens with one attached hydrogen (secondary N) is 2. The Kier molecular flexibility index (Phi) is 3.17. The van der Waals surface area contributed by atoms with E-state index in [2.05, 4.69) is 10.6 Å². The summed E-state index contributed by atoms with van der Waals surface area (Å²) in [6.07, 6.45) is 2.01. The molecular weight excluding hydrogens is 280 g/mol. The lowest BCUT2D eigenvalue weighted by molar-refractivity contribution is 0.0616. The molecule has 3 heterocycles. The quantitative estimate of drug-likeness (QED) is 0.810. The van der Waals surface area contributed by atoms with Gasteiger partial charge in [0, 0.05) is 44.0 Å². The van der Waals surface area contributed by atoms with Crippen molar-refractivity contribution in [2.24, 2.45) is 0 Å². The topological polar surface area (TPSA) is 64.7 Å². The highest BCUT2D eigenvalue weighted by atomic mass is 16.2. The van der Waals surface area contributed by atoms with Crippen LogP contribution in [-0.2, 0) is 6.42 Å². The zero-order valence-electron chi connectivity index (χ0n) is 12.5. The normalized spacial score (nSPS) is 23.5. The number of hydrogen-bond acceptors (Lipinski definition) is 3. The smallest absolute Gasteiger partial charge is 0.317 e. The Balaban J connectivity index is 1.57. The van der Waals surface area contributed by atoms with E-state index in [1.165, 1.54) is 0 Å². The summed E-state index contributed by atoms with van der Waals surface area (Å²) in [6, 6.07) is 6.03. The molecule has 2 N–H and O–H groups in total. The van der Waals surface area contributed by atoms with Crippen LogP contribution in [-0.4, -0.2) is 60.5 Å². The Morgan fingerprint density at radius 1 is 1.23 bits per heavy atom. The van der Waals surface area contributed by atoms with Gasteiger partial charge in [0.25, 0.3) is 5.91 Å². The summed E-state index contributed by atoms with van der Waals surface area (Å²) >= 11 is 0. The van der Waals surface area contributed by atoms with E-state index in [0.717, 1.165) is 36.2 Å². The number of nitrogens with zero attached hydrogens (tertiary/aromatic N) is 2. The molecule has 0 radical (unpaired) electrons. The second-order valence-electron chi connectivity index (χ2n) is 6.15. The van der Waals surface area contributed by atoms with Gasteiger partial charge in [-0.05, 0) is 30.5 Å². The molecule has 1 aromatic carbocycles. The van der Waals surface area contributed by atoms with Crippen molar-refractivity contribution >= 4 is 17.6 Å². The summed E-state index contributed by atoms with van der Waals surface area (Å²) in [6.45, 7) is 3.46. The summed E-state index contributed by atoms with van der Waals surface area (Å²) in [7, 11) is 0. The van der Waals surface area contributed by atoms with Crippen molar-refractivity contribution < 1.29 is 9.59 Å². The van der Waals surface area contributed by atoms with Crippen LogP contribution in [0.5, 0.6) is 0 Å². The molecule has 3 amide bonds. The molecule has 2 fully saturated rings. The number of carbonyl (C=O) groups excluding carboxylic acids is 2. The molecule has 6 heteroatoms. The van der Waals surface area contributed by atoms with Crippen LogP contribution in [0.2, 0.25) is 0 Å². The van der Waals surface area contributed by atoms with Gasteiger partial charge >= 0.3 is 6.03 Å². The zero-order chi connectivity index (χ0) is 15.1. The minimum Gasteiger partial charge on any atom is -0.385 e. The summed E-state index contributed by atoms with van der Waals surface area (Å²) in [4.78, 5) is 28.3. The van der Waals surface area contributed by atoms with Crippen molar-refractivity contribution in [3.63, 3.8) is 0 Å². The summed E-state index contributed by atoms with van der Waals surface area (Å²) in [5.74, 6) is 0.0968. The maximum absolute atomic E-state index is 12.9. The second kappa shape index (κ2) is 5.19. The molecule has 0 bridgehead atoms. The first-order valence-electron chi connectivity index (χ1n) is 7.93. The number of carbonyl (C=O) groups is 2. The van der Waals surface area contributed by atoms with E-state index < -0.39 is 0 Å². The Bertz CT molecular complexity index is 631. The van der Waals surface area contributed by atoms with Crippen molar-refractivity contribution in [2.45, 2.75) is 18.9 Å². The number of urea groups is 1. The summed E-state index contributed by atoms with van der Waals surface area (Å²) in [5, 5.41) is 6.22. The highest BCUT2D eigenvalue weighted by Gasteiger charge is 2.37. The second-order valence-corrected chi connectivity index (χ2v) is 6.15. The van der Waals surface area contributed by atoms with Crippen molar-refractivity contribution in [1.82, 2.24) is 15.1 Å². The average Bonchev–Trinajstić information content (AvgIpc) is 2.94. The van der Waals surface area contributed by atoms with Gasteiger partial charge in [-0.25, -0.2) is 4.79 Å². The van der Waals surface area contributed by atoms with Crippen LogP contribution < -0.4 is 10.6 Å². The first-order chi connectivity index (χ1) is 10.7. The minimum absolute atomic E-state index is 0.00149. The number of amides is 3. The largest absolute Gasteiger partial charge is 0.385 e. The Hall–Kier alpha value is -2.24. The number of fused-ring (bicyclic) bond motifs is 2. The van der Waals surface area contributed by atoms with Crippen LogP contribution in [0.4, 0.5) is 10.5 Å². The lowest BCUT2D eigenvalue weighted by Crippen LogP contribution is -2.53. The highest BCUT2D eigenvalue weighted by molar-refractivity contribution is 5.97. The first-order valence-corrected chi connectivity index (χ1v) is 7.93. The third-order valence-corrected chi connectivity index (χ3v) is 4.85. The maximum atomic E-state index is 12.9. The van der Waals surface area contributed by atoms with Crippen LogP contribution in [0.15, 0.2) is 18.2 Å². The van der Waals surface area contributed by atoms with Crippen LogP contribution in [0.1, 0.15) is 22.3 Å². The van der Waals surface area contributed by atoms with Gasteiger partial charge in [0.2, 0.25) is 0 Å². The molecule has 3 aliphatic rings. The minimum atomic E-state index is -0.00149. The molecule has 1 atom stereocenters. The average molecular weight is 300 g/mol. The van der Waals surface area contributed by atoms with Gasteiger partial charge in [-0.3, -0.25) is 4.79 Å². The van der Waals surface area contributed by atoms with Crippen LogP contribution in [0.25, 0.3) is 0 Å². The van der Waals surface area contributed by atoms with Gasteiger partial charge in [-0.1, -0.05) is 6.07 Å². The lowest BCUT2D eigenvalue weighted by atomic mass is 9.96. The van der Waals surface area contributed by atoms with Gasteiger partial charge in [0.05, 0.1) is 6.04 Å². The first kappa shape index (κ1) is 13.4. The van der Waals surface area contributed by atoms with E-state index in [4.69, 9.17) is 0 Å². The summed E-state index contributed by atoms with van der Waals surface area (Å²) in [5.41, 5.74) is 3.05. The van der Waals surface area contributed by atoms with E-state index in [-0.39, 0.29) is 18.0 Å². The molecule has 0 spiro atoms. The molecule has 1 unspecified atom stereocenters. The Morgan fingerprint density at radius 3 is 3.05 bits per heavy atom.